The molecule has 182 valence electrons. The van der Waals surface area contributed by atoms with E-state index in [1.165, 1.54) is 11.8 Å². The normalized spacial score (nSPS) is 18.7. The standard InChI is InChI=1S/C26H29N5O3S/c1-17(24(32)31-21-11-7-6-10-20(21)28-25(33)26(31,2)3)35-23-18-8-4-5-9-19(18)27-22(29-23)16-30-12-14-34-15-13-30/h4-11,17H,12-16H2,1-3H3,(H,28,33). The van der Waals surface area contributed by atoms with Gasteiger partial charge in [0.25, 0.3) is 0 Å². The number of hydrogen-bond donors (Lipinski definition) is 1. The first-order valence-corrected chi connectivity index (χ1v) is 12.7. The van der Waals surface area contributed by atoms with Crippen LogP contribution in [0.15, 0.2) is 53.6 Å². The molecule has 5 rings (SSSR count). The van der Waals surface area contributed by atoms with Gasteiger partial charge >= 0.3 is 0 Å². The monoisotopic (exact) mass is 491 g/mol. The Hall–Kier alpha value is -3.01. The van der Waals surface area contributed by atoms with Crippen LogP contribution in [-0.2, 0) is 20.9 Å². The third-order valence-electron chi connectivity index (χ3n) is 6.45. The molecule has 2 aliphatic heterocycles. The van der Waals surface area contributed by atoms with E-state index in [9.17, 15) is 9.59 Å². The highest BCUT2D eigenvalue weighted by molar-refractivity contribution is 8.00. The average molecular weight is 492 g/mol. The van der Waals surface area contributed by atoms with Crippen molar-refractivity contribution in [3.63, 3.8) is 0 Å². The van der Waals surface area contributed by atoms with Crippen LogP contribution in [0.25, 0.3) is 10.9 Å². The number of thioether (sulfide) groups is 1. The quantitative estimate of drug-likeness (QED) is 0.430. The summed E-state index contributed by atoms with van der Waals surface area (Å²) in [6.07, 6.45) is 0. The van der Waals surface area contributed by atoms with Crippen molar-refractivity contribution in [1.29, 1.82) is 0 Å². The summed E-state index contributed by atoms with van der Waals surface area (Å²) in [4.78, 5) is 40.2. The summed E-state index contributed by atoms with van der Waals surface area (Å²) in [7, 11) is 0. The van der Waals surface area contributed by atoms with E-state index in [-0.39, 0.29) is 11.8 Å². The van der Waals surface area contributed by atoms with Gasteiger partial charge in [-0.15, -0.1) is 0 Å². The molecule has 2 aliphatic rings. The van der Waals surface area contributed by atoms with Crippen LogP contribution in [0, 0.1) is 0 Å². The van der Waals surface area contributed by atoms with Crippen molar-refractivity contribution in [1.82, 2.24) is 14.9 Å². The van der Waals surface area contributed by atoms with Gasteiger partial charge in [0.1, 0.15) is 16.4 Å². The van der Waals surface area contributed by atoms with Crippen LogP contribution in [0.4, 0.5) is 11.4 Å². The molecular weight excluding hydrogens is 462 g/mol. The number of anilines is 2. The van der Waals surface area contributed by atoms with E-state index in [0.29, 0.717) is 31.1 Å². The number of nitrogens with one attached hydrogen (secondary N) is 1. The van der Waals surface area contributed by atoms with Crippen LogP contribution in [0.1, 0.15) is 26.6 Å². The minimum atomic E-state index is -1.02. The molecule has 2 aromatic carbocycles. The fraction of sp³-hybridized carbons (Fsp3) is 0.385. The zero-order valence-electron chi connectivity index (χ0n) is 20.2. The average Bonchev–Trinajstić information content (AvgIpc) is 2.85. The predicted octanol–water partition coefficient (Wildman–Crippen LogP) is 3.71. The first-order valence-electron chi connectivity index (χ1n) is 11.8. The Bertz CT molecular complexity index is 1270. The molecule has 1 atom stereocenters. The Morgan fingerprint density at radius 2 is 1.83 bits per heavy atom. The molecule has 0 radical (unpaired) electrons. The smallest absolute Gasteiger partial charge is 0.250 e. The number of rotatable bonds is 5. The van der Waals surface area contributed by atoms with Gasteiger partial charge in [-0.2, -0.15) is 0 Å². The molecular formula is C26H29N5O3S. The van der Waals surface area contributed by atoms with Gasteiger partial charge in [-0.3, -0.25) is 19.4 Å². The molecule has 0 bridgehead atoms. The Morgan fingerprint density at radius 1 is 1.11 bits per heavy atom. The van der Waals surface area contributed by atoms with Crippen LogP contribution < -0.4 is 10.2 Å². The summed E-state index contributed by atoms with van der Waals surface area (Å²) < 4.78 is 5.46. The number of carbonyl (C=O) groups excluding carboxylic acids is 2. The predicted molar refractivity (Wildman–Crippen MR) is 138 cm³/mol. The number of aromatic nitrogens is 2. The van der Waals surface area contributed by atoms with Gasteiger partial charge in [0.05, 0.1) is 41.9 Å². The number of carbonyl (C=O) groups is 2. The number of para-hydroxylation sites is 3. The Balaban J connectivity index is 1.45. The van der Waals surface area contributed by atoms with E-state index in [1.54, 1.807) is 18.7 Å². The topological polar surface area (TPSA) is 87.7 Å². The second kappa shape index (κ2) is 9.56. The van der Waals surface area contributed by atoms with E-state index in [2.05, 4.69) is 10.2 Å². The number of ether oxygens (including phenoxy) is 1. The van der Waals surface area contributed by atoms with Gasteiger partial charge in [0.2, 0.25) is 11.8 Å². The molecule has 9 heteroatoms. The van der Waals surface area contributed by atoms with Gasteiger partial charge in [0, 0.05) is 18.5 Å². The highest BCUT2D eigenvalue weighted by Crippen LogP contribution is 2.39. The van der Waals surface area contributed by atoms with Crippen molar-refractivity contribution >= 4 is 45.9 Å². The molecule has 35 heavy (non-hydrogen) atoms. The van der Waals surface area contributed by atoms with Crippen LogP contribution in [0.2, 0.25) is 0 Å². The molecule has 1 N–H and O–H groups in total. The van der Waals surface area contributed by atoms with E-state index in [0.717, 1.165) is 34.8 Å². The van der Waals surface area contributed by atoms with Crippen molar-refractivity contribution in [2.45, 2.75) is 43.1 Å². The SMILES string of the molecule is CC(Sc1nc(CN2CCOCC2)nc2ccccc12)C(=O)N1c2ccccc2NC(=O)C1(C)C. The molecule has 0 spiro atoms. The lowest BCUT2D eigenvalue weighted by Crippen LogP contribution is -2.60. The maximum atomic E-state index is 13.8. The summed E-state index contributed by atoms with van der Waals surface area (Å²) in [6, 6.07) is 15.3. The maximum absolute atomic E-state index is 13.8. The van der Waals surface area contributed by atoms with Crippen LogP contribution >= 0.6 is 11.8 Å². The fourth-order valence-electron chi connectivity index (χ4n) is 4.46. The number of benzene rings is 2. The molecule has 0 aliphatic carbocycles. The first-order chi connectivity index (χ1) is 16.8. The van der Waals surface area contributed by atoms with Gasteiger partial charge in [-0.1, -0.05) is 42.1 Å². The molecule has 3 heterocycles. The van der Waals surface area contributed by atoms with Crippen molar-refractivity contribution < 1.29 is 14.3 Å². The Kier molecular flexibility index (Phi) is 6.48. The van der Waals surface area contributed by atoms with Crippen molar-refractivity contribution in [3.05, 3.63) is 54.4 Å². The summed E-state index contributed by atoms with van der Waals surface area (Å²) in [5.41, 5.74) is 1.18. The zero-order chi connectivity index (χ0) is 24.6. The number of morpholine rings is 1. The highest BCUT2D eigenvalue weighted by Gasteiger charge is 2.44. The van der Waals surface area contributed by atoms with Crippen LogP contribution in [0.5, 0.6) is 0 Å². The summed E-state index contributed by atoms with van der Waals surface area (Å²) in [6.45, 7) is 9.16. The largest absolute Gasteiger partial charge is 0.379 e. The minimum Gasteiger partial charge on any atom is -0.379 e. The van der Waals surface area contributed by atoms with Gasteiger partial charge in [-0.05, 0) is 39.0 Å². The van der Waals surface area contributed by atoms with Crippen molar-refractivity contribution in [2.75, 3.05) is 36.5 Å². The Labute approximate surface area is 209 Å². The molecule has 2 amide bonds. The van der Waals surface area contributed by atoms with Crippen LogP contribution in [0.3, 0.4) is 0 Å². The number of fused-ring (bicyclic) bond motifs is 2. The second-order valence-corrected chi connectivity index (χ2v) is 10.6. The summed E-state index contributed by atoms with van der Waals surface area (Å²) in [5, 5.41) is 4.14. The molecule has 1 aromatic heterocycles. The minimum absolute atomic E-state index is 0.139. The van der Waals surface area contributed by atoms with E-state index in [1.807, 2.05) is 55.5 Å². The summed E-state index contributed by atoms with van der Waals surface area (Å²) in [5.74, 6) is 0.387. The highest BCUT2D eigenvalue weighted by atomic mass is 32.2. The summed E-state index contributed by atoms with van der Waals surface area (Å²) >= 11 is 1.41. The zero-order valence-corrected chi connectivity index (χ0v) is 21.0. The molecule has 1 saturated heterocycles. The molecule has 8 nitrogen and oxygen atoms in total. The third kappa shape index (κ3) is 4.63. The van der Waals surface area contributed by atoms with Crippen LogP contribution in [-0.4, -0.2) is 63.8 Å². The third-order valence-corrected chi connectivity index (χ3v) is 7.54. The first kappa shape index (κ1) is 23.7. The number of amides is 2. The number of nitrogens with zero attached hydrogens (tertiary/aromatic N) is 4. The van der Waals surface area contributed by atoms with Crippen molar-refractivity contribution in [2.24, 2.45) is 0 Å². The van der Waals surface area contributed by atoms with E-state index in [4.69, 9.17) is 14.7 Å². The Morgan fingerprint density at radius 3 is 2.63 bits per heavy atom. The fourth-order valence-corrected chi connectivity index (χ4v) is 5.46. The molecule has 3 aromatic rings. The number of hydrogen-bond acceptors (Lipinski definition) is 7. The van der Waals surface area contributed by atoms with E-state index >= 15 is 0 Å². The van der Waals surface area contributed by atoms with Crippen molar-refractivity contribution in [3.8, 4) is 0 Å². The molecule has 1 unspecified atom stereocenters. The molecule has 1 fully saturated rings. The van der Waals surface area contributed by atoms with Gasteiger partial charge < -0.3 is 10.1 Å². The van der Waals surface area contributed by atoms with Gasteiger partial charge in [0.15, 0.2) is 0 Å². The van der Waals surface area contributed by atoms with Gasteiger partial charge in [-0.25, -0.2) is 9.97 Å². The van der Waals surface area contributed by atoms with E-state index < -0.39 is 10.8 Å². The lowest BCUT2D eigenvalue weighted by atomic mass is 9.96. The molecule has 0 saturated carbocycles. The second-order valence-electron chi connectivity index (χ2n) is 9.31. The lowest BCUT2D eigenvalue weighted by molar-refractivity contribution is -0.126. The maximum Gasteiger partial charge on any atom is 0.250 e. The lowest BCUT2D eigenvalue weighted by Gasteiger charge is -2.43.